The van der Waals surface area contributed by atoms with Crippen LogP contribution in [0.15, 0.2) is 35.3 Å². The van der Waals surface area contributed by atoms with Gasteiger partial charge in [-0.15, -0.1) is 0 Å². The molecule has 0 amide bonds. The maximum atomic E-state index is 4.86. The lowest BCUT2D eigenvalue weighted by Gasteiger charge is -2.25. The molecular formula is C29H49N5. The molecule has 0 saturated heterocycles. The normalized spacial score (nSPS) is 18.7. The monoisotopic (exact) mass is 467 g/mol. The molecule has 0 unspecified atom stereocenters. The number of nitrogens with one attached hydrogen (secondary N) is 2. The minimum atomic E-state index is 0.404. The summed E-state index contributed by atoms with van der Waals surface area (Å²) in [5.74, 6) is 2.46. The number of benzene rings is 1. The van der Waals surface area contributed by atoms with Crippen LogP contribution in [0.25, 0.3) is 23.9 Å². The third-order valence-corrected chi connectivity index (χ3v) is 5.46. The minimum absolute atomic E-state index is 0.404. The number of pyridine rings is 1. The molecule has 4 N–H and O–H groups in total. The molecule has 0 spiro atoms. The van der Waals surface area contributed by atoms with E-state index in [1.807, 2.05) is 47.7 Å². The lowest BCUT2D eigenvalue weighted by molar-refractivity contribution is 0.349. The molecule has 5 nitrogen and oxygen atoms in total. The van der Waals surface area contributed by atoms with Crippen molar-refractivity contribution in [2.45, 2.75) is 87.1 Å². The first-order valence-electron chi connectivity index (χ1n) is 13.1. The van der Waals surface area contributed by atoms with Crippen molar-refractivity contribution < 1.29 is 0 Å². The molecule has 0 radical (unpaired) electrons. The lowest BCUT2D eigenvalue weighted by atomic mass is 9.88. The van der Waals surface area contributed by atoms with Crippen LogP contribution in [0.1, 0.15) is 79.7 Å². The number of hydrogen-bond acceptors (Lipinski definition) is 3. The van der Waals surface area contributed by atoms with Crippen LogP contribution in [0.3, 0.4) is 0 Å². The number of aryl methyl sites for hydroxylation is 1. The molecule has 4 rings (SSSR count). The van der Waals surface area contributed by atoms with E-state index < -0.39 is 0 Å². The summed E-state index contributed by atoms with van der Waals surface area (Å²) in [7, 11) is 1.50. The highest BCUT2D eigenvalue weighted by Crippen LogP contribution is 2.25. The molecule has 1 fully saturated rings. The molecule has 2 aliphatic rings. The van der Waals surface area contributed by atoms with Crippen LogP contribution in [0.2, 0.25) is 0 Å². The Kier molecular flexibility index (Phi) is 16.4. The van der Waals surface area contributed by atoms with Crippen molar-refractivity contribution in [1.82, 2.24) is 10.3 Å². The molecule has 0 atom stereocenters. The van der Waals surface area contributed by atoms with Crippen molar-refractivity contribution in [3.8, 4) is 11.1 Å². The van der Waals surface area contributed by atoms with E-state index in [9.17, 15) is 0 Å². The fourth-order valence-electron chi connectivity index (χ4n) is 3.80. The predicted molar refractivity (Wildman–Crippen MR) is 153 cm³/mol. The number of nitrogens with zero attached hydrogens (tertiary/aromatic N) is 2. The Morgan fingerprint density at radius 3 is 2.12 bits per heavy atom. The summed E-state index contributed by atoms with van der Waals surface area (Å²) in [6.07, 6.45) is 6.86. The molecule has 2 aromatic rings. The van der Waals surface area contributed by atoms with Crippen molar-refractivity contribution in [3.63, 3.8) is 0 Å². The zero-order chi connectivity index (χ0) is 26.1. The summed E-state index contributed by atoms with van der Waals surface area (Å²) in [5.41, 5.74) is 7.98. The third-order valence-electron chi connectivity index (χ3n) is 5.46. The fraction of sp³-hybridized carbons (Fsp3) is 0.517. The van der Waals surface area contributed by atoms with Crippen molar-refractivity contribution in [3.05, 3.63) is 46.5 Å². The highest BCUT2D eigenvalue weighted by atomic mass is 15.2. The van der Waals surface area contributed by atoms with Gasteiger partial charge in [-0.05, 0) is 62.8 Å². The number of anilines is 1. The maximum absolute atomic E-state index is 4.86. The van der Waals surface area contributed by atoms with Crippen LogP contribution in [0.4, 0.5) is 5.82 Å². The van der Waals surface area contributed by atoms with E-state index >= 15 is 0 Å². The molecule has 1 aliphatic carbocycles. The van der Waals surface area contributed by atoms with Gasteiger partial charge in [0, 0.05) is 17.0 Å². The Labute approximate surface area is 208 Å². The van der Waals surface area contributed by atoms with Gasteiger partial charge in [-0.1, -0.05) is 79.3 Å². The van der Waals surface area contributed by atoms with Gasteiger partial charge in [0.2, 0.25) is 5.96 Å². The van der Waals surface area contributed by atoms with Crippen LogP contribution < -0.4 is 26.9 Å². The largest absolute Gasteiger partial charge is 0.333 e. The summed E-state index contributed by atoms with van der Waals surface area (Å²) in [6, 6.07) is 10.9. The van der Waals surface area contributed by atoms with Gasteiger partial charge in [-0.3, -0.25) is 0 Å². The highest BCUT2D eigenvalue weighted by Gasteiger charge is 2.19. The number of nitrogens with two attached hydrogens (primary N) is 1. The van der Waals surface area contributed by atoms with Crippen molar-refractivity contribution >= 4 is 24.6 Å². The minimum Gasteiger partial charge on any atom is -0.333 e. The highest BCUT2D eigenvalue weighted by molar-refractivity contribution is 5.97. The number of fused-ring (bicyclic) bond motifs is 1. The Bertz CT molecular complexity index is 957. The smallest absolute Gasteiger partial charge is 0.201 e. The summed E-state index contributed by atoms with van der Waals surface area (Å²) >= 11 is 0. The zero-order valence-corrected chi connectivity index (χ0v) is 23.1. The number of aromatic nitrogens is 1. The molecule has 1 aliphatic heterocycles. The van der Waals surface area contributed by atoms with E-state index in [0.29, 0.717) is 6.04 Å². The maximum Gasteiger partial charge on any atom is 0.201 e. The van der Waals surface area contributed by atoms with Crippen LogP contribution in [0.5, 0.6) is 0 Å². The van der Waals surface area contributed by atoms with E-state index in [1.54, 1.807) is 0 Å². The number of guanidine groups is 1. The zero-order valence-electron chi connectivity index (χ0n) is 23.1. The van der Waals surface area contributed by atoms with Gasteiger partial charge in [0.25, 0.3) is 0 Å². The molecule has 1 saturated carbocycles. The van der Waals surface area contributed by atoms with Crippen LogP contribution >= 0.6 is 0 Å². The van der Waals surface area contributed by atoms with E-state index in [1.165, 1.54) is 43.9 Å². The molecule has 190 valence electrons. The third kappa shape index (κ3) is 8.94. The second-order valence-electron chi connectivity index (χ2n) is 7.54. The Balaban J connectivity index is 0.00000124. The van der Waals surface area contributed by atoms with Crippen molar-refractivity contribution in [1.29, 1.82) is 0 Å². The van der Waals surface area contributed by atoms with Crippen molar-refractivity contribution in [2.24, 2.45) is 16.6 Å². The molecule has 1 aromatic carbocycles. The van der Waals surface area contributed by atoms with E-state index in [0.717, 1.165) is 33.8 Å². The van der Waals surface area contributed by atoms with Crippen LogP contribution in [-0.4, -0.2) is 24.0 Å². The molecule has 2 heterocycles. The first kappa shape index (κ1) is 31.3. The first-order chi connectivity index (χ1) is 16.6. The average Bonchev–Trinajstić information content (AvgIpc) is 2.90. The molecule has 5 heteroatoms. The molecule has 1 aromatic heterocycles. The van der Waals surface area contributed by atoms with Gasteiger partial charge in [-0.25, -0.2) is 9.98 Å². The van der Waals surface area contributed by atoms with E-state index in [2.05, 4.69) is 67.1 Å². The summed E-state index contributed by atoms with van der Waals surface area (Å²) in [6.45, 7) is 20.6. The Morgan fingerprint density at radius 2 is 1.53 bits per heavy atom. The fourth-order valence-corrected chi connectivity index (χ4v) is 3.80. The Hall–Kier alpha value is -2.66. The standard InChI is InChI=1S/C22H26N4.3C2H6.CH5N/c1-14-8-10-18(11-9-14)25-22-23-13-17-12-20(16(3)24-21(17)26-22)19-7-5-4-6-15(19)2;4*1-2/h4-7,12-14,18H,3,8-11H2,1-2H3,(H2,23,24,25,26);3*1-2H3;2H2,1H3. The van der Waals surface area contributed by atoms with E-state index in [4.69, 9.17) is 9.98 Å². The lowest BCUT2D eigenvalue weighted by Crippen LogP contribution is -2.39. The van der Waals surface area contributed by atoms with Gasteiger partial charge in [-0.2, -0.15) is 0 Å². The number of aliphatic imine (C=N–C) groups is 1. The first-order valence-corrected chi connectivity index (χ1v) is 13.1. The van der Waals surface area contributed by atoms with Gasteiger partial charge in [0.05, 0.1) is 11.4 Å². The predicted octanol–water partition coefficient (Wildman–Crippen LogP) is 5.81. The topological polar surface area (TPSA) is 75.3 Å². The van der Waals surface area contributed by atoms with Gasteiger partial charge in [0.15, 0.2) is 0 Å². The number of hydrogen-bond donors (Lipinski definition) is 3. The summed E-state index contributed by atoms with van der Waals surface area (Å²) in [5, 5.41) is 8.46. The SMILES string of the molecule is C=c1nc2c(cc1-c1ccccc1C)=CNC(=NC1CCC(C)CC1)N2.CC.CC.CC.CN. The second kappa shape index (κ2) is 17.8. The number of rotatable bonds is 2. The Morgan fingerprint density at radius 1 is 0.941 bits per heavy atom. The molecular weight excluding hydrogens is 418 g/mol. The molecule has 0 bridgehead atoms. The summed E-state index contributed by atoms with van der Waals surface area (Å²) in [4.78, 5) is 9.57. The van der Waals surface area contributed by atoms with Crippen LogP contribution in [-0.2, 0) is 0 Å². The second-order valence-corrected chi connectivity index (χ2v) is 7.54. The quantitative estimate of drug-likeness (QED) is 0.521. The van der Waals surface area contributed by atoms with Crippen LogP contribution in [0, 0.1) is 12.8 Å². The van der Waals surface area contributed by atoms with Crippen molar-refractivity contribution in [2.75, 3.05) is 12.4 Å². The van der Waals surface area contributed by atoms with E-state index in [-0.39, 0.29) is 0 Å². The van der Waals surface area contributed by atoms with Gasteiger partial charge >= 0.3 is 0 Å². The average molecular weight is 468 g/mol. The van der Waals surface area contributed by atoms with Gasteiger partial charge in [0.1, 0.15) is 5.82 Å². The molecule has 34 heavy (non-hydrogen) atoms. The summed E-state index contributed by atoms with van der Waals surface area (Å²) < 4.78 is 0. The van der Waals surface area contributed by atoms with Gasteiger partial charge < -0.3 is 16.4 Å².